The van der Waals surface area contributed by atoms with Crippen molar-refractivity contribution in [2.45, 2.75) is 12.3 Å². The number of ether oxygens (including phenoxy) is 1. The van der Waals surface area contributed by atoms with Gasteiger partial charge in [0.25, 0.3) is 0 Å². The van der Waals surface area contributed by atoms with Crippen LogP contribution >= 0.6 is 0 Å². The van der Waals surface area contributed by atoms with E-state index in [9.17, 15) is 23.2 Å². The number of rotatable bonds is 7. The Balaban J connectivity index is 2.22. The van der Waals surface area contributed by atoms with Gasteiger partial charge in [0.1, 0.15) is 11.6 Å². The highest BCUT2D eigenvalue weighted by molar-refractivity contribution is 6.36. The van der Waals surface area contributed by atoms with Gasteiger partial charge in [-0.05, 0) is 35.4 Å². The van der Waals surface area contributed by atoms with Crippen molar-refractivity contribution in [1.29, 1.82) is 0 Å². The smallest absolute Gasteiger partial charge is 0.374 e. The first kappa shape index (κ1) is 20.2. The summed E-state index contributed by atoms with van der Waals surface area (Å²) in [4.78, 5) is 36.3. The molecule has 5 nitrogen and oxygen atoms in total. The van der Waals surface area contributed by atoms with Crippen LogP contribution in [-0.4, -0.2) is 43.3 Å². The molecule has 142 valence electrons. The molecule has 0 spiro atoms. The van der Waals surface area contributed by atoms with Crippen LogP contribution in [0.1, 0.15) is 23.5 Å². The molecule has 0 bridgehead atoms. The SMILES string of the molecule is COC(=O)C(=O)CC(=O)N(C)CC(c1ccc(F)cc1)c1ccc(F)cc1. The lowest BCUT2D eigenvalue weighted by Crippen LogP contribution is -2.34. The quantitative estimate of drug-likeness (QED) is 0.424. The zero-order valence-electron chi connectivity index (χ0n) is 14.9. The first-order chi connectivity index (χ1) is 12.8. The zero-order valence-corrected chi connectivity index (χ0v) is 14.9. The number of carbonyl (C=O) groups is 3. The maximum Gasteiger partial charge on any atom is 0.374 e. The molecule has 0 radical (unpaired) electrons. The number of benzene rings is 2. The topological polar surface area (TPSA) is 63.7 Å². The number of ketones is 1. The second kappa shape index (κ2) is 9.02. The predicted octanol–water partition coefficient (Wildman–Crippen LogP) is 2.69. The second-order valence-corrected chi connectivity index (χ2v) is 6.02. The molecule has 0 saturated heterocycles. The highest BCUT2D eigenvalue weighted by atomic mass is 19.1. The van der Waals surface area contributed by atoms with E-state index < -0.39 is 35.7 Å². The van der Waals surface area contributed by atoms with Crippen molar-refractivity contribution in [3.05, 3.63) is 71.3 Å². The zero-order chi connectivity index (χ0) is 20.0. The number of esters is 1. The van der Waals surface area contributed by atoms with E-state index in [1.807, 2.05) is 0 Å². The molecular weight excluding hydrogens is 356 g/mol. The number of Topliss-reactive ketones (excluding diaryl/α,β-unsaturated/α-hetero) is 1. The van der Waals surface area contributed by atoms with Gasteiger partial charge in [-0.25, -0.2) is 13.6 Å². The largest absolute Gasteiger partial charge is 0.463 e. The Morgan fingerprint density at radius 1 is 0.926 bits per heavy atom. The van der Waals surface area contributed by atoms with E-state index in [-0.39, 0.29) is 12.5 Å². The Hall–Kier alpha value is -3.09. The van der Waals surface area contributed by atoms with E-state index in [0.29, 0.717) is 0 Å². The summed E-state index contributed by atoms with van der Waals surface area (Å²) in [5, 5.41) is 0. The summed E-state index contributed by atoms with van der Waals surface area (Å²) in [7, 11) is 2.56. The molecule has 2 aromatic rings. The fourth-order valence-electron chi connectivity index (χ4n) is 2.63. The molecule has 1 amide bonds. The van der Waals surface area contributed by atoms with Gasteiger partial charge in [-0.15, -0.1) is 0 Å². The molecule has 0 aromatic heterocycles. The lowest BCUT2D eigenvalue weighted by Gasteiger charge is -2.25. The lowest BCUT2D eigenvalue weighted by atomic mass is 9.90. The molecule has 27 heavy (non-hydrogen) atoms. The molecule has 7 heteroatoms. The van der Waals surface area contributed by atoms with Gasteiger partial charge >= 0.3 is 5.97 Å². The molecule has 0 heterocycles. The van der Waals surface area contributed by atoms with Crippen LogP contribution < -0.4 is 0 Å². The fourth-order valence-corrected chi connectivity index (χ4v) is 2.63. The normalized spacial score (nSPS) is 10.6. The molecule has 0 aliphatic rings. The van der Waals surface area contributed by atoms with Crippen molar-refractivity contribution in [1.82, 2.24) is 4.90 Å². The van der Waals surface area contributed by atoms with Crippen LogP contribution in [0.2, 0.25) is 0 Å². The van der Waals surface area contributed by atoms with Gasteiger partial charge in [-0.1, -0.05) is 24.3 Å². The fraction of sp³-hybridized carbons (Fsp3) is 0.250. The van der Waals surface area contributed by atoms with E-state index >= 15 is 0 Å². The summed E-state index contributed by atoms with van der Waals surface area (Å²) in [6.45, 7) is 0.157. The van der Waals surface area contributed by atoms with E-state index in [1.165, 1.54) is 36.2 Å². The molecule has 0 aliphatic carbocycles. The van der Waals surface area contributed by atoms with Crippen LogP contribution in [0, 0.1) is 11.6 Å². The Morgan fingerprint density at radius 2 is 1.37 bits per heavy atom. The first-order valence-electron chi connectivity index (χ1n) is 8.18. The third kappa shape index (κ3) is 5.44. The summed E-state index contributed by atoms with van der Waals surface area (Å²) in [5.74, 6) is -3.73. The minimum absolute atomic E-state index is 0.157. The van der Waals surface area contributed by atoms with Crippen molar-refractivity contribution in [2.75, 3.05) is 20.7 Å². The Labute approximate surface area is 155 Å². The third-order valence-corrected chi connectivity index (χ3v) is 4.15. The summed E-state index contributed by atoms with van der Waals surface area (Å²) in [6.07, 6.45) is -0.608. The average Bonchev–Trinajstić information content (AvgIpc) is 2.66. The molecule has 0 atom stereocenters. The molecule has 0 aliphatic heterocycles. The number of likely N-dealkylation sites (N-methyl/N-ethyl adjacent to an activating group) is 1. The lowest BCUT2D eigenvalue weighted by molar-refractivity contribution is -0.153. The van der Waals surface area contributed by atoms with Gasteiger partial charge in [0.05, 0.1) is 13.5 Å². The first-order valence-corrected chi connectivity index (χ1v) is 8.18. The number of methoxy groups -OCH3 is 1. The van der Waals surface area contributed by atoms with Crippen molar-refractivity contribution < 1.29 is 27.9 Å². The highest BCUT2D eigenvalue weighted by Gasteiger charge is 2.24. The van der Waals surface area contributed by atoms with Crippen LogP contribution in [0.5, 0.6) is 0 Å². The number of nitrogens with zero attached hydrogens (tertiary/aromatic N) is 1. The summed E-state index contributed by atoms with van der Waals surface area (Å²) >= 11 is 0. The van der Waals surface area contributed by atoms with Gasteiger partial charge in [-0.2, -0.15) is 0 Å². The minimum atomic E-state index is -1.08. The molecule has 0 N–H and O–H groups in total. The van der Waals surface area contributed by atoms with Crippen molar-refractivity contribution >= 4 is 17.7 Å². The standard InChI is InChI=1S/C20H19F2NO4/c1-23(19(25)11-18(24)20(26)27-2)12-17(13-3-7-15(21)8-4-13)14-5-9-16(22)10-6-14/h3-10,17H,11-12H2,1-2H3. The van der Waals surface area contributed by atoms with Gasteiger partial charge in [-0.3, -0.25) is 9.59 Å². The highest BCUT2D eigenvalue weighted by Crippen LogP contribution is 2.26. The van der Waals surface area contributed by atoms with Crippen LogP contribution in [0.15, 0.2) is 48.5 Å². The third-order valence-electron chi connectivity index (χ3n) is 4.15. The molecule has 2 rings (SSSR count). The van der Waals surface area contributed by atoms with Crippen LogP contribution in [0.3, 0.4) is 0 Å². The van der Waals surface area contributed by atoms with E-state index in [2.05, 4.69) is 4.74 Å². The Morgan fingerprint density at radius 3 is 1.78 bits per heavy atom. The predicted molar refractivity (Wildman–Crippen MR) is 93.9 cm³/mol. The molecule has 0 saturated carbocycles. The molecule has 0 unspecified atom stereocenters. The van der Waals surface area contributed by atoms with Gasteiger partial charge in [0.15, 0.2) is 0 Å². The van der Waals surface area contributed by atoms with Gasteiger partial charge < -0.3 is 9.64 Å². The summed E-state index contributed by atoms with van der Waals surface area (Å²) in [6, 6.07) is 11.5. The van der Waals surface area contributed by atoms with Gasteiger partial charge in [0.2, 0.25) is 11.7 Å². The Kier molecular flexibility index (Phi) is 6.76. The van der Waals surface area contributed by atoms with Gasteiger partial charge in [0, 0.05) is 19.5 Å². The molecule has 2 aromatic carbocycles. The summed E-state index contributed by atoms with van der Waals surface area (Å²) in [5.41, 5.74) is 1.45. The summed E-state index contributed by atoms with van der Waals surface area (Å²) < 4.78 is 30.8. The second-order valence-electron chi connectivity index (χ2n) is 6.02. The minimum Gasteiger partial charge on any atom is -0.463 e. The van der Waals surface area contributed by atoms with Crippen LogP contribution in [-0.2, 0) is 19.1 Å². The van der Waals surface area contributed by atoms with Crippen molar-refractivity contribution in [3.63, 3.8) is 0 Å². The van der Waals surface area contributed by atoms with E-state index in [1.54, 1.807) is 24.3 Å². The average molecular weight is 375 g/mol. The number of hydrogen-bond donors (Lipinski definition) is 0. The molecule has 0 fully saturated rings. The van der Waals surface area contributed by atoms with Crippen molar-refractivity contribution in [2.24, 2.45) is 0 Å². The van der Waals surface area contributed by atoms with E-state index in [0.717, 1.165) is 18.2 Å². The number of carbonyl (C=O) groups excluding carboxylic acids is 3. The van der Waals surface area contributed by atoms with Crippen LogP contribution in [0.25, 0.3) is 0 Å². The maximum atomic E-state index is 13.3. The maximum absolute atomic E-state index is 13.3. The van der Waals surface area contributed by atoms with Crippen LogP contribution in [0.4, 0.5) is 8.78 Å². The Bertz CT molecular complexity index is 773. The number of hydrogen-bond acceptors (Lipinski definition) is 4. The monoisotopic (exact) mass is 375 g/mol. The number of amides is 1. The number of halogens is 2. The molecular formula is C20H19F2NO4. The van der Waals surface area contributed by atoms with Crippen molar-refractivity contribution in [3.8, 4) is 0 Å². The van der Waals surface area contributed by atoms with E-state index in [4.69, 9.17) is 0 Å².